The van der Waals surface area contributed by atoms with Gasteiger partial charge in [0.05, 0.1) is 22.7 Å². The molecule has 1 aromatic carbocycles. The van der Waals surface area contributed by atoms with Crippen molar-refractivity contribution in [1.82, 2.24) is 9.55 Å². The molecule has 20 heavy (non-hydrogen) atoms. The zero-order chi connectivity index (χ0) is 14.4. The molecule has 0 unspecified atom stereocenters. The molecular weight excluding hydrogens is 246 g/mol. The molecule has 2 aromatic rings. The Balaban J connectivity index is 1.97. The van der Waals surface area contributed by atoms with E-state index < -0.39 is 0 Å². The smallest absolute Gasteiger partial charge is 0.109 e. The molecule has 1 aromatic heterocycles. The Labute approximate surface area is 121 Å². The lowest BCUT2D eigenvalue weighted by Crippen LogP contribution is -1.97. The normalized spacial score (nSPS) is 10.8. The summed E-state index contributed by atoms with van der Waals surface area (Å²) >= 11 is 0. The average Bonchev–Trinajstić information content (AvgIpc) is 2.78. The lowest BCUT2D eigenvalue weighted by Gasteiger charge is -2.02. The summed E-state index contributed by atoms with van der Waals surface area (Å²) in [5.74, 6) is 1.13. The number of benzene rings is 1. The minimum Gasteiger partial charge on any atom is -0.331 e. The average molecular weight is 269 g/mol. The van der Waals surface area contributed by atoms with Crippen molar-refractivity contribution in [2.24, 2.45) is 7.05 Å². The molecule has 3 heteroatoms. The number of nitriles is 1. The van der Waals surface area contributed by atoms with Gasteiger partial charge in [0.15, 0.2) is 0 Å². The van der Waals surface area contributed by atoms with Gasteiger partial charge >= 0.3 is 0 Å². The van der Waals surface area contributed by atoms with E-state index in [1.165, 1.54) is 38.5 Å². The van der Waals surface area contributed by atoms with Crippen LogP contribution in [0.1, 0.15) is 56.8 Å². The molecule has 0 bridgehead atoms. The minimum absolute atomic E-state index is 0.682. The van der Waals surface area contributed by atoms with Crippen LogP contribution >= 0.6 is 0 Å². The van der Waals surface area contributed by atoms with Gasteiger partial charge in [0.2, 0.25) is 0 Å². The zero-order valence-corrected chi connectivity index (χ0v) is 12.5. The Morgan fingerprint density at radius 1 is 1.15 bits per heavy atom. The molecule has 2 rings (SSSR count). The highest BCUT2D eigenvalue weighted by Crippen LogP contribution is 2.18. The van der Waals surface area contributed by atoms with Gasteiger partial charge in [0.1, 0.15) is 5.82 Å². The summed E-state index contributed by atoms with van der Waals surface area (Å²) in [5, 5.41) is 8.93. The Bertz CT molecular complexity index is 604. The van der Waals surface area contributed by atoms with Crippen LogP contribution in [0.2, 0.25) is 0 Å². The molecule has 0 saturated heterocycles. The van der Waals surface area contributed by atoms with Gasteiger partial charge in [-0.2, -0.15) is 5.26 Å². The highest BCUT2D eigenvalue weighted by molar-refractivity contribution is 5.77. The number of rotatable bonds is 7. The van der Waals surface area contributed by atoms with E-state index in [9.17, 15) is 0 Å². The maximum atomic E-state index is 8.93. The van der Waals surface area contributed by atoms with Crippen LogP contribution < -0.4 is 0 Å². The van der Waals surface area contributed by atoms with Crippen molar-refractivity contribution in [3.05, 3.63) is 29.6 Å². The first-order chi connectivity index (χ1) is 9.76. The highest BCUT2D eigenvalue weighted by Gasteiger charge is 2.07. The van der Waals surface area contributed by atoms with Gasteiger partial charge in [-0.1, -0.05) is 39.0 Å². The van der Waals surface area contributed by atoms with Crippen LogP contribution in [0.5, 0.6) is 0 Å². The SMILES string of the molecule is CCCCCCCCc1nc2cc(C#N)ccc2n1C. The summed E-state index contributed by atoms with van der Waals surface area (Å²) in [6.07, 6.45) is 8.84. The molecule has 0 aliphatic heterocycles. The van der Waals surface area contributed by atoms with E-state index in [4.69, 9.17) is 5.26 Å². The number of fused-ring (bicyclic) bond motifs is 1. The number of aryl methyl sites for hydroxylation is 2. The van der Waals surface area contributed by atoms with E-state index in [1.807, 2.05) is 18.2 Å². The third-order valence-corrected chi connectivity index (χ3v) is 3.86. The third-order valence-electron chi connectivity index (χ3n) is 3.86. The van der Waals surface area contributed by atoms with Crippen LogP contribution in [-0.4, -0.2) is 9.55 Å². The summed E-state index contributed by atoms with van der Waals surface area (Å²) in [6.45, 7) is 2.24. The number of aromatic nitrogens is 2. The van der Waals surface area contributed by atoms with E-state index in [-0.39, 0.29) is 0 Å². The van der Waals surface area contributed by atoms with Crippen molar-refractivity contribution in [2.75, 3.05) is 0 Å². The molecule has 0 radical (unpaired) electrons. The first kappa shape index (κ1) is 14.6. The van der Waals surface area contributed by atoms with Gasteiger partial charge in [0, 0.05) is 13.5 Å². The molecule has 0 atom stereocenters. The standard InChI is InChI=1S/C17H23N3/c1-3-4-5-6-7-8-9-17-19-15-12-14(13-18)10-11-16(15)20(17)2/h10-12H,3-9H2,1-2H3. The number of hydrogen-bond donors (Lipinski definition) is 0. The van der Waals surface area contributed by atoms with Gasteiger partial charge in [-0.15, -0.1) is 0 Å². The second-order valence-corrected chi connectivity index (χ2v) is 5.42. The molecule has 106 valence electrons. The monoisotopic (exact) mass is 269 g/mol. The lowest BCUT2D eigenvalue weighted by atomic mass is 10.1. The maximum Gasteiger partial charge on any atom is 0.109 e. The molecule has 0 spiro atoms. The Hall–Kier alpha value is -1.82. The summed E-state index contributed by atoms with van der Waals surface area (Å²) in [6, 6.07) is 7.90. The Kier molecular flexibility index (Phi) is 5.17. The highest BCUT2D eigenvalue weighted by atomic mass is 15.1. The van der Waals surface area contributed by atoms with Crippen molar-refractivity contribution >= 4 is 11.0 Å². The molecule has 0 saturated carbocycles. The fraction of sp³-hybridized carbons (Fsp3) is 0.529. The molecule has 0 N–H and O–H groups in total. The number of imidazole rings is 1. The van der Waals surface area contributed by atoms with Crippen LogP contribution in [0.25, 0.3) is 11.0 Å². The van der Waals surface area contributed by atoms with Gasteiger partial charge in [-0.05, 0) is 24.6 Å². The largest absolute Gasteiger partial charge is 0.331 e. The number of unbranched alkanes of at least 4 members (excludes halogenated alkanes) is 5. The van der Waals surface area contributed by atoms with Crippen LogP contribution in [0.3, 0.4) is 0 Å². The van der Waals surface area contributed by atoms with Crippen molar-refractivity contribution in [1.29, 1.82) is 5.26 Å². The lowest BCUT2D eigenvalue weighted by molar-refractivity contribution is 0.596. The van der Waals surface area contributed by atoms with E-state index >= 15 is 0 Å². The van der Waals surface area contributed by atoms with Crippen LogP contribution in [0.4, 0.5) is 0 Å². The Morgan fingerprint density at radius 2 is 1.90 bits per heavy atom. The van der Waals surface area contributed by atoms with E-state index in [2.05, 4.69) is 29.6 Å². The number of hydrogen-bond acceptors (Lipinski definition) is 2. The van der Waals surface area contributed by atoms with Gasteiger partial charge < -0.3 is 4.57 Å². The first-order valence-corrected chi connectivity index (χ1v) is 7.61. The van der Waals surface area contributed by atoms with Crippen molar-refractivity contribution in [3.8, 4) is 6.07 Å². The molecular formula is C17H23N3. The second kappa shape index (κ2) is 7.09. The fourth-order valence-electron chi connectivity index (χ4n) is 2.61. The van der Waals surface area contributed by atoms with Crippen LogP contribution in [0.15, 0.2) is 18.2 Å². The van der Waals surface area contributed by atoms with Crippen molar-refractivity contribution < 1.29 is 0 Å². The predicted octanol–water partition coefficient (Wildman–Crippen LogP) is 4.35. The topological polar surface area (TPSA) is 41.6 Å². The zero-order valence-electron chi connectivity index (χ0n) is 12.5. The third kappa shape index (κ3) is 3.39. The fourth-order valence-corrected chi connectivity index (χ4v) is 2.61. The minimum atomic E-state index is 0.682. The molecule has 0 amide bonds. The Morgan fingerprint density at radius 3 is 2.65 bits per heavy atom. The summed E-state index contributed by atoms with van der Waals surface area (Å²) < 4.78 is 2.16. The first-order valence-electron chi connectivity index (χ1n) is 7.61. The van der Waals surface area contributed by atoms with Gasteiger partial charge in [-0.25, -0.2) is 4.98 Å². The van der Waals surface area contributed by atoms with E-state index in [0.29, 0.717) is 5.56 Å². The number of nitrogens with zero attached hydrogens (tertiary/aromatic N) is 3. The summed E-state index contributed by atoms with van der Waals surface area (Å²) in [7, 11) is 2.06. The van der Waals surface area contributed by atoms with Crippen LogP contribution in [0, 0.1) is 11.3 Å². The summed E-state index contributed by atoms with van der Waals surface area (Å²) in [5.41, 5.74) is 2.74. The van der Waals surface area contributed by atoms with Crippen molar-refractivity contribution in [2.45, 2.75) is 51.9 Å². The second-order valence-electron chi connectivity index (χ2n) is 5.42. The maximum absolute atomic E-state index is 8.93. The quantitative estimate of drug-likeness (QED) is 0.701. The van der Waals surface area contributed by atoms with E-state index in [1.54, 1.807) is 0 Å². The molecule has 1 heterocycles. The van der Waals surface area contributed by atoms with Gasteiger partial charge in [0.25, 0.3) is 0 Å². The van der Waals surface area contributed by atoms with Crippen LogP contribution in [-0.2, 0) is 13.5 Å². The van der Waals surface area contributed by atoms with Gasteiger partial charge in [-0.3, -0.25) is 0 Å². The molecule has 3 nitrogen and oxygen atoms in total. The summed E-state index contributed by atoms with van der Waals surface area (Å²) in [4.78, 5) is 4.67. The molecule has 0 fully saturated rings. The predicted molar refractivity (Wildman–Crippen MR) is 82.5 cm³/mol. The van der Waals surface area contributed by atoms with E-state index in [0.717, 1.165) is 23.3 Å². The van der Waals surface area contributed by atoms with Crippen molar-refractivity contribution in [3.63, 3.8) is 0 Å². The molecule has 0 aliphatic rings. The molecule has 0 aliphatic carbocycles.